The molecule has 0 aliphatic rings. The lowest BCUT2D eigenvalue weighted by atomic mass is 9.90. The minimum atomic E-state index is -0.878. The maximum absolute atomic E-state index is 11.6. The molecule has 20 heavy (non-hydrogen) atoms. The fourth-order valence-electron chi connectivity index (χ4n) is 1.03. The van der Waals surface area contributed by atoms with Gasteiger partial charge in [-0.3, -0.25) is 9.59 Å². The molecule has 0 heterocycles. The Morgan fingerprint density at radius 3 is 2.00 bits per heavy atom. The minimum Gasteiger partial charge on any atom is -0.481 e. The lowest BCUT2D eigenvalue weighted by molar-refractivity contribution is -0.301. The van der Waals surface area contributed by atoms with E-state index in [1.54, 1.807) is 13.8 Å². The van der Waals surface area contributed by atoms with Crippen LogP contribution in [0.15, 0.2) is 0 Å². The number of carboxylic acids is 1. The maximum Gasteiger partial charge on any atom is 0.311 e. The molecule has 0 aliphatic heterocycles. The van der Waals surface area contributed by atoms with E-state index in [1.165, 1.54) is 0 Å². The summed E-state index contributed by atoms with van der Waals surface area (Å²) < 4.78 is 5.05. The van der Waals surface area contributed by atoms with E-state index in [2.05, 4.69) is 0 Å². The van der Waals surface area contributed by atoms with Crippen molar-refractivity contribution in [2.75, 3.05) is 19.8 Å². The summed E-state index contributed by atoms with van der Waals surface area (Å²) in [6, 6.07) is 0. The molecule has 0 fully saturated rings. The Balaban J connectivity index is 3.65. The second kappa shape index (κ2) is 8.21. The number of carbonyl (C=O) groups excluding carboxylic acids is 1. The summed E-state index contributed by atoms with van der Waals surface area (Å²) >= 11 is 0. The highest BCUT2D eigenvalue weighted by atomic mass is 17.2. The van der Waals surface area contributed by atoms with Gasteiger partial charge in [0.15, 0.2) is 0 Å². The van der Waals surface area contributed by atoms with Crippen molar-refractivity contribution in [1.82, 2.24) is 0 Å². The van der Waals surface area contributed by atoms with E-state index in [9.17, 15) is 9.59 Å². The van der Waals surface area contributed by atoms with Crippen LogP contribution in [0, 0.1) is 10.8 Å². The molecule has 0 saturated heterocycles. The van der Waals surface area contributed by atoms with Crippen LogP contribution in [0.25, 0.3) is 0 Å². The molecular weight excluding hydrogens is 264 g/mol. The highest BCUT2D eigenvalue weighted by Crippen LogP contribution is 2.21. The molecule has 0 aliphatic carbocycles. The van der Waals surface area contributed by atoms with Gasteiger partial charge in [-0.15, -0.1) is 0 Å². The fraction of sp³-hybridized carbons (Fsp3) is 0.857. The molecular formula is C14H26O6. The van der Waals surface area contributed by atoms with Crippen LogP contribution in [0.3, 0.4) is 0 Å². The molecule has 0 spiro atoms. The molecule has 0 amide bonds. The Hall–Kier alpha value is -1.14. The van der Waals surface area contributed by atoms with Crippen molar-refractivity contribution >= 4 is 11.9 Å². The normalized spacial score (nSPS) is 12.2. The number of hydrogen-bond donors (Lipinski definition) is 1. The summed E-state index contributed by atoms with van der Waals surface area (Å²) in [4.78, 5) is 32.1. The van der Waals surface area contributed by atoms with Crippen molar-refractivity contribution in [3.8, 4) is 0 Å². The highest BCUT2D eigenvalue weighted by Gasteiger charge is 2.27. The van der Waals surface area contributed by atoms with Gasteiger partial charge in [-0.05, 0) is 40.5 Å². The van der Waals surface area contributed by atoms with Crippen LogP contribution in [-0.2, 0) is 24.1 Å². The first kappa shape index (κ1) is 18.9. The zero-order valence-corrected chi connectivity index (χ0v) is 13.0. The predicted molar refractivity (Wildman–Crippen MR) is 73.0 cm³/mol. The number of rotatable bonds is 10. The van der Waals surface area contributed by atoms with Gasteiger partial charge in [0.1, 0.15) is 13.2 Å². The number of carbonyl (C=O) groups is 2. The van der Waals surface area contributed by atoms with E-state index >= 15 is 0 Å². The van der Waals surface area contributed by atoms with Gasteiger partial charge in [0, 0.05) is 0 Å². The first-order chi connectivity index (χ1) is 9.13. The SMILES string of the molecule is CCC(C)(C)C(=O)OCCOOCCC(C)(C)C(=O)O. The van der Waals surface area contributed by atoms with Crippen LogP contribution in [0.5, 0.6) is 0 Å². The average Bonchev–Trinajstić information content (AvgIpc) is 2.36. The molecule has 0 aromatic carbocycles. The Morgan fingerprint density at radius 1 is 0.950 bits per heavy atom. The van der Waals surface area contributed by atoms with Gasteiger partial charge < -0.3 is 9.84 Å². The van der Waals surface area contributed by atoms with Crippen molar-refractivity contribution in [1.29, 1.82) is 0 Å². The van der Waals surface area contributed by atoms with Crippen molar-refractivity contribution < 1.29 is 29.2 Å². The second-order valence-corrected chi connectivity index (χ2v) is 5.96. The van der Waals surface area contributed by atoms with Crippen LogP contribution < -0.4 is 0 Å². The topological polar surface area (TPSA) is 82.1 Å². The second-order valence-electron chi connectivity index (χ2n) is 5.96. The molecule has 0 radical (unpaired) electrons. The van der Waals surface area contributed by atoms with Gasteiger partial charge in [-0.25, -0.2) is 9.78 Å². The third-order valence-corrected chi connectivity index (χ3v) is 3.31. The Bertz CT molecular complexity index is 322. The molecule has 6 nitrogen and oxygen atoms in total. The molecule has 0 unspecified atom stereocenters. The van der Waals surface area contributed by atoms with Crippen LogP contribution in [-0.4, -0.2) is 36.9 Å². The number of esters is 1. The van der Waals surface area contributed by atoms with Gasteiger partial charge >= 0.3 is 11.9 Å². The minimum absolute atomic E-state index is 0.116. The van der Waals surface area contributed by atoms with Crippen molar-refractivity contribution in [2.24, 2.45) is 10.8 Å². The summed E-state index contributed by atoms with van der Waals surface area (Å²) in [5.41, 5.74) is -1.34. The molecule has 118 valence electrons. The van der Waals surface area contributed by atoms with Gasteiger partial charge in [0.2, 0.25) is 0 Å². The fourth-order valence-corrected chi connectivity index (χ4v) is 1.03. The number of carboxylic acid groups (broad SMARTS) is 1. The summed E-state index contributed by atoms with van der Waals surface area (Å²) in [6.07, 6.45) is 1.04. The third kappa shape index (κ3) is 6.86. The smallest absolute Gasteiger partial charge is 0.311 e. The molecule has 0 atom stereocenters. The average molecular weight is 290 g/mol. The highest BCUT2D eigenvalue weighted by molar-refractivity contribution is 5.75. The van der Waals surface area contributed by atoms with Crippen molar-refractivity contribution in [2.45, 2.75) is 47.5 Å². The van der Waals surface area contributed by atoms with Gasteiger partial charge in [-0.2, -0.15) is 0 Å². The Labute approximate surface area is 120 Å². The molecule has 1 N–H and O–H groups in total. The number of ether oxygens (including phenoxy) is 1. The van der Waals surface area contributed by atoms with Crippen LogP contribution >= 0.6 is 0 Å². The lowest BCUT2D eigenvalue weighted by Gasteiger charge is -2.20. The Morgan fingerprint density at radius 2 is 1.50 bits per heavy atom. The molecule has 0 bridgehead atoms. The summed E-state index contributed by atoms with van der Waals surface area (Å²) in [6.45, 7) is 9.21. The standard InChI is InChI=1S/C14H26O6/c1-6-13(2,3)12(17)18-9-10-20-19-8-7-14(4,5)11(15)16/h6-10H2,1-5H3,(H,15,16). The van der Waals surface area contributed by atoms with Crippen LogP contribution in [0.1, 0.15) is 47.5 Å². The Kier molecular flexibility index (Phi) is 7.75. The molecule has 0 rings (SSSR count). The first-order valence-electron chi connectivity index (χ1n) is 6.78. The summed E-state index contributed by atoms with van der Waals surface area (Å²) in [5.74, 6) is -1.15. The third-order valence-electron chi connectivity index (χ3n) is 3.31. The van der Waals surface area contributed by atoms with Crippen molar-refractivity contribution in [3.63, 3.8) is 0 Å². The molecule has 0 aromatic heterocycles. The van der Waals surface area contributed by atoms with Gasteiger partial charge in [0.25, 0.3) is 0 Å². The monoisotopic (exact) mass is 290 g/mol. The lowest BCUT2D eigenvalue weighted by Crippen LogP contribution is -2.27. The van der Waals surface area contributed by atoms with E-state index in [0.717, 1.165) is 0 Å². The summed E-state index contributed by atoms with van der Waals surface area (Å²) in [5, 5.41) is 8.89. The van der Waals surface area contributed by atoms with Crippen LogP contribution in [0.2, 0.25) is 0 Å². The van der Waals surface area contributed by atoms with E-state index in [-0.39, 0.29) is 25.8 Å². The van der Waals surface area contributed by atoms with Crippen LogP contribution in [0.4, 0.5) is 0 Å². The molecule has 6 heteroatoms. The molecule has 0 saturated carbocycles. The van der Waals surface area contributed by atoms with E-state index < -0.39 is 16.8 Å². The molecule has 0 aromatic rings. The number of aliphatic carboxylic acids is 1. The quantitative estimate of drug-likeness (QED) is 0.288. The van der Waals surface area contributed by atoms with E-state index in [0.29, 0.717) is 12.8 Å². The zero-order valence-electron chi connectivity index (χ0n) is 13.0. The van der Waals surface area contributed by atoms with Crippen molar-refractivity contribution in [3.05, 3.63) is 0 Å². The van der Waals surface area contributed by atoms with E-state index in [1.807, 2.05) is 20.8 Å². The summed E-state index contributed by atoms with van der Waals surface area (Å²) in [7, 11) is 0. The predicted octanol–water partition coefficient (Wildman–Crippen LogP) is 2.41. The number of hydrogen-bond acceptors (Lipinski definition) is 5. The van der Waals surface area contributed by atoms with Gasteiger partial charge in [0.05, 0.1) is 17.4 Å². The maximum atomic E-state index is 11.6. The van der Waals surface area contributed by atoms with Gasteiger partial charge in [-0.1, -0.05) is 6.92 Å². The zero-order chi connectivity index (χ0) is 15.8. The van der Waals surface area contributed by atoms with E-state index in [4.69, 9.17) is 19.6 Å². The first-order valence-corrected chi connectivity index (χ1v) is 6.78. The largest absolute Gasteiger partial charge is 0.481 e.